The first-order valence-electron chi connectivity index (χ1n) is 7.64. The minimum Gasteiger partial charge on any atom is -0.389 e. The highest BCUT2D eigenvalue weighted by molar-refractivity contribution is 4.84. The minimum atomic E-state index is -0.478. The number of aliphatic hydroxyl groups is 1. The molecule has 0 aromatic carbocycles. The van der Waals surface area contributed by atoms with Gasteiger partial charge in [0.25, 0.3) is 0 Å². The zero-order valence-corrected chi connectivity index (χ0v) is 14.5. The molecular weight excluding hydrogens is 254 g/mol. The van der Waals surface area contributed by atoms with E-state index in [1.807, 2.05) is 13.8 Å². The molecule has 0 aliphatic rings. The third-order valence-corrected chi connectivity index (χ3v) is 2.78. The molecule has 1 unspecified atom stereocenters. The first kappa shape index (κ1) is 19.8. The van der Waals surface area contributed by atoms with Crippen LogP contribution < -0.4 is 5.32 Å². The number of hydrogen-bond acceptors (Lipinski definition) is 4. The second kappa shape index (κ2) is 8.98. The molecule has 4 heteroatoms. The summed E-state index contributed by atoms with van der Waals surface area (Å²) in [4.78, 5) is 0. The predicted molar refractivity (Wildman–Crippen MR) is 84.1 cm³/mol. The van der Waals surface area contributed by atoms with Gasteiger partial charge in [-0.25, -0.2) is 0 Å². The molecule has 0 radical (unpaired) electrons. The summed E-state index contributed by atoms with van der Waals surface area (Å²) in [6, 6.07) is 0. The van der Waals surface area contributed by atoms with Crippen LogP contribution in [-0.2, 0) is 9.47 Å². The van der Waals surface area contributed by atoms with Crippen molar-refractivity contribution in [1.29, 1.82) is 0 Å². The molecule has 0 saturated heterocycles. The lowest BCUT2D eigenvalue weighted by molar-refractivity contribution is -0.0117. The Morgan fingerprint density at radius 1 is 1.05 bits per heavy atom. The second-order valence-electron chi connectivity index (χ2n) is 7.65. The van der Waals surface area contributed by atoms with Gasteiger partial charge in [0.1, 0.15) is 0 Å². The summed E-state index contributed by atoms with van der Waals surface area (Å²) in [5.41, 5.74) is 0.284. The summed E-state index contributed by atoms with van der Waals surface area (Å²) in [6.45, 7) is 17.0. The van der Waals surface area contributed by atoms with E-state index in [-0.39, 0.29) is 17.1 Å². The minimum absolute atomic E-state index is 0.0139. The number of aliphatic hydroxyl groups excluding tert-OH is 1. The molecule has 0 aliphatic heterocycles. The topological polar surface area (TPSA) is 50.7 Å². The van der Waals surface area contributed by atoms with E-state index < -0.39 is 6.10 Å². The number of nitrogens with one attached hydrogen (secondary N) is 1. The van der Waals surface area contributed by atoms with Crippen molar-refractivity contribution in [2.24, 2.45) is 5.41 Å². The maximum absolute atomic E-state index is 9.89. The quantitative estimate of drug-likeness (QED) is 0.607. The van der Waals surface area contributed by atoms with Gasteiger partial charge < -0.3 is 19.9 Å². The molecule has 0 fully saturated rings. The van der Waals surface area contributed by atoms with Crippen LogP contribution in [-0.4, -0.2) is 49.2 Å². The molecule has 0 bridgehead atoms. The van der Waals surface area contributed by atoms with Gasteiger partial charge in [-0.3, -0.25) is 0 Å². The van der Waals surface area contributed by atoms with E-state index in [1.54, 1.807) is 0 Å². The van der Waals surface area contributed by atoms with Crippen LogP contribution in [0.4, 0.5) is 0 Å². The lowest BCUT2D eigenvalue weighted by atomic mass is 9.82. The highest BCUT2D eigenvalue weighted by Crippen LogP contribution is 2.26. The molecule has 0 rings (SSSR count). The van der Waals surface area contributed by atoms with Gasteiger partial charge in [-0.1, -0.05) is 20.8 Å². The molecule has 0 heterocycles. The van der Waals surface area contributed by atoms with Crippen molar-refractivity contribution in [3.63, 3.8) is 0 Å². The van der Waals surface area contributed by atoms with Gasteiger partial charge in [0.2, 0.25) is 0 Å². The van der Waals surface area contributed by atoms with E-state index in [4.69, 9.17) is 9.47 Å². The fraction of sp³-hybridized carbons (Fsp3) is 1.00. The van der Waals surface area contributed by atoms with Crippen molar-refractivity contribution in [3.05, 3.63) is 0 Å². The van der Waals surface area contributed by atoms with Crippen molar-refractivity contribution in [2.75, 3.05) is 26.4 Å². The standard InChI is InChI=1S/C16H35NO3/c1-13(2)20-9-8-19-11-14(18)10-17-16(6,7)12-15(3,4)5/h13-14,17-18H,8-12H2,1-7H3. The van der Waals surface area contributed by atoms with E-state index in [9.17, 15) is 5.11 Å². The summed E-state index contributed by atoms with van der Waals surface area (Å²) >= 11 is 0. The van der Waals surface area contributed by atoms with Crippen LogP contribution in [0.3, 0.4) is 0 Å². The first-order chi connectivity index (χ1) is 9.02. The van der Waals surface area contributed by atoms with Gasteiger partial charge >= 0.3 is 0 Å². The van der Waals surface area contributed by atoms with E-state index in [0.717, 1.165) is 6.42 Å². The van der Waals surface area contributed by atoms with Crippen LogP contribution >= 0.6 is 0 Å². The Labute approximate surface area is 125 Å². The zero-order chi connectivity index (χ0) is 15.8. The molecule has 0 spiro atoms. The Morgan fingerprint density at radius 2 is 1.65 bits per heavy atom. The van der Waals surface area contributed by atoms with Crippen molar-refractivity contribution in [3.8, 4) is 0 Å². The van der Waals surface area contributed by atoms with Crippen LogP contribution in [0.1, 0.15) is 54.9 Å². The van der Waals surface area contributed by atoms with Crippen LogP contribution in [0.25, 0.3) is 0 Å². The average Bonchev–Trinajstić information content (AvgIpc) is 2.22. The van der Waals surface area contributed by atoms with E-state index in [2.05, 4.69) is 39.9 Å². The zero-order valence-electron chi connectivity index (χ0n) is 14.5. The summed E-state index contributed by atoms with van der Waals surface area (Å²) < 4.78 is 10.8. The lowest BCUT2D eigenvalue weighted by Crippen LogP contribution is -2.46. The third kappa shape index (κ3) is 12.9. The largest absolute Gasteiger partial charge is 0.389 e. The number of hydrogen-bond donors (Lipinski definition) is 2. The van der Waals surface area contributed by atoms with E-state index in [0.29, 0.717) is 26.4 Å². The highest BCUT2D eigenvalue weighted by atomic mass is 16.5. The van der Waals surface area contributed by atoms with Gasteiger partial charge in [0.15, 0.2) is 0 Å². The summed E-state index contributed by atoms with van der Waals surface area (Å²) in [6.07, 6.45) is 0.798. The smallest absolute Gasteiger partial charge is 0.0897 e. The normalized spacial score (nSPS) is 14.8. The number of rotatable bonds is 10. The maximum Gasteiger partial charge on any atom is 0.0897 e. The van der Waals surface area contributed by atoms with Gasteiger partial charge in [0, 0.05) is 12.1 Å². The Kier molecular flexibility index (Phi) is 8.91. The second-order valence-corrected chi connectivity index (χ2v) is 7.65. The molecule has 0 aliphatic carbocycles. The Morgan fingerprint density at radius 3 is 2.15 bits per heavy atom. The van der Waals surface area contributed by atoms with Gasteiger partial charge in [0.05, 0.1) is 32.0 Å². The fourth-order valence-electron chi connectivity index (χ4n) is 2.40. The summed E-state index contributed by atoms with van der Waals surface area (Å²) in [5, 5.41) is 13.3. The molecule has 0 aromatic heterocycles. The molecule has 0 amide bonds. The van der Waals surface area contributed by atoms with Gasteiger partial charge in [-0.2, -0.15) is 0 Å². The average molecular weight is 289 g/mol. The molecule has 122 valence electrons. The number of ether oxygens (including phenoxy) is 2. The highest BCUT2D eigenvalue weighted by Gasteiger charge is 2.25. The fourth-order valence-corrected chi connectivity index (χ4v) is 2.40. The molecule has 20 heavy (non-hydrogen) atoms. The van der Waals surface area contributed by atoms with Crippen molar-refractivity contribution >= 4 is 0 Å². The molecule has 0 aromatic rings. The predicted octanol–water partition coefficient (Wildman–Crippen LogP) is 2.59. The van der Waals surface area contributed by atoms with Gasteiger partial charge in [-0.05, 0) is 39.5 Å². The van der Waals surface area contributed by atoms with E-state index in [1.165, 1.54) is 0 Å². The monoisotopic (exact) mass is 289 g/mol. The third-order valence-electron chi connectivity index (χ3n) is 2.78. The van der Waals surface area contributed by atoms with Crippen molar-refractivity contribution in [1.82, 2.24) is 5.32 Å². The summed E-state index contributed by atoms with van der Waals surface area (Å²) in [7, 11) is 0. The van der Waals surface area contributed by atoms with Gasteiger partial charge in [-0.15, -0.1) is 0 Å². The lowest BCUT2D eigenvalue weighted by Gasteiger charge is -2.34. The number of β-amino-alcohol motifs (C(OH)–C–C–N with tert-alkyl or cyclic N) is 1. The Hall–Kier alpha value is -0.160. The van der Waals surface area contributed by atoms with Crippen LogP contribution in [0.5, 0.6) is 0 Å². The first-order valence-corrected chi connectivity index (χ1v) is 7.64. The van der Waals surface area contributed by atoms with Crippen molar-refractivity contribution in [2.45, 2.75) is 72.6 Å². The van der Waals surface area contributed by atoms with E-state index >= 15 is 0 Å². The molecule has 4 nitrogen and oxygen atoms in total. The van der Waals surface area contributed by atoms with Crippen molar-refractivity contribution < 1.29 is 14.6 Å². The van der Waals surface area contributed by atoms with Crippen LogP contribution in [0.2, 0.25) is 0 Å². The molecule has 1 atom stereocenters. The van der Waals surface area contributed by atoms with Crippen LogP contribution in [0, 0.1) is 5.41 Å². The molecule has 0 saturated carbocycles. The SMILES string of the molecule is CC(C)OCCOCC(O)CNC(C)(C)CC(C)(C)C. The Balaban J connectivity index is 3.74. The van der Waals surface area contributed by atoms with Crippen LogP contribution in [0.15, 0.2) is 0 Å². The Bertz CT molecular complexity index is 247. The summed E-state index contributed by atoms with van der Waals surface area (Å²) in [5.74, 6) is 0. The maximum atomic E-state index is 9.89. The molecular formula is C16H35NO3. The molecule has 2 N–H and O–H groups in total.